The highest BCUT2D eigenvalue weighted by Gasteiger charge is 2.26. The second-order valence-electron chi connectivity index (χ2n) is 6.15. The molecule has 0 atom stereocenters. The van der Waals surface area contributed by atoms with Gasteiger partial charge < -0.3 is 19.0 Å². The van der Waals surface area contributed by atoms with Crippen LogP contribution in [0.2, 0.25) is 0 Å². The van der Waals surface area contributed by atoms with Gasteiger partial charge in [0.05, 0.1) is 24.8 Å². The van der Waals surface area contributed by atoms with Gasteiger partial charge in [-0.1, -0.05) is 6.07 Å². The van der Waals surface area contributed by atoms with Crippen molar-refractivity contribution in [2.75, 3.05) is 39.8 Å². The maximum absolute atomic E-state index is 12.4. The van der Waals surface area contributed by atoms with Crippen LogP contribution in [0.15, 0.2) is 52.0 Å². The molecule has 1 aliphatic rings. The first-order valence-electron chi connectivity index (χ1n) is 8.65. The minimum Gasteiger partial charge on any atom is -0.497 e. The zero-order valence-corrected chi connectivity index (χ0v) is 16.1. The van der Waals surface area contributed by atoms with Crippen LogP contribution < -0.4 is 9.46 Å². The normalized spacial score (nSPS) is 14.8. The van der Waals surface area contributed by atoms with Crippen molar-refractivity contribution in [3.63, 3.8) is 0 Å². The van der Waals surface area contributed by atoms with E-state index in [1.54, 1.807) is 29.2 Å². The van der Waals surface area contributed by atoms with Crippen molar-refractivity contribution in [3.05, 3.63) is 48.4 Å². The molecular weight excluding hydrogens is 386 g/mol. The Morgan fingerprint density at radius 1 is 1.11 bits per heavy atom. The molecule has 10 heteroatoms. The molecule has 1 aromatic carbocycles. The van der Waals surface area contributed by atoms with E-state index in [1.165, 1.54) is 30.4 Å². The quantitative estimate of drug-likeness (QED) is 0.749. The van der Waals surface area contributed by atoms with Gasteiger partial charge in [-0.05, 0) is 24.3 Å². The van der Waals surface area contributed by atoms with Crippen LogP contribution in [0.25, 0.3) is 0 Å². The SMILES string of the molecule is COc1cccc(S(=O)(=O)NCC(=O)N2CCN(C(=O)c3ccco3)CC2)c1. The molecule has 0 aliphatic carbocycles. The maximum Gasteiger partial charge on any atom is 0.289 e. The van der Waals surface area contributed by atoms with Crippen molar-refractivity contribution in [1.29, 1.82) is 0 Å². The van der Waals surface area contributed by atoms with Gasteiger partial charge in [-0.25, -0.2) is 13.1 Å². The average molecular weight is 407 g/mol. The smallest absolute Gasteiger partial charge is 0.289 e. The topological polar surface area (TPSA) is 109 Å². The largest absolute Gasteiger partial charge is 0.497 e. The molecule has 1 fully saturated rings. The number of piperazine rings is 1. The lowest BCUT2D eigenvalue weighted by atomic mass is 10.3. The van der Waals surface area contributed by atoms with Gasteiger partial charge in [0, 0.05) is 32.2 Å². The van der Waals surface area contributed by atoms with Gasteiger partial charge in [0.2, 0.25) is 15.9 Å². The summed E-state index contributed by atoms with van der Waals surface area (Å²) in [6.45, 7) is 1.01. The summed E-state index contributed by atoms with van der Waals surface area (Å²) in [5, 5.41) is 0. The fourth-order valence-corrected chi connectivity index (χ4v) is 3.84. The Labute approximate surface area is 162 Å². The first-order valence-corrected chi connectivity index (χ1v) is 10.1. The highest BCUT2D eigenvalue weighted by atomic mass is 32.2. The fraction of sp³-hybridized carbons (Fsp3) is 0.333. The van der Waals surface area contributed by atoms with Gasteiger partial charge >= 0.3 is 0 Å². The number of hydrogen-bond acceptors (Lipinski definition) is 6. The molecule has 1 aromatic heterocycles. The predicted molar refractivity (Wildman–Crippen MR) is 99.4 cm³/mol. The number of nitrogens with zero attached hydrogens (tertiary/aromatic N) is 2. The number of carbonyl (C=O) groups is 2. The second-order valence-corrected chi connectivity index (χ2v) is 7.92. The van der Waals surface area contributed by atoms with Gasteiger partial charge in [-0.2, -0.15) is 0 Å². The minimum atomic E-state index is -3.83. The van der Waals surface area contributed by atoms with Crippen molar-refractivity contribution < 1.29 is 27.2 Å². The summed E-state index contributed by atoms with van der Waals surface area (Å²) in [6, 6.07) is 9.23. The second kappa shape index (κ2) is 8.44. The number of benzene rings is 1. The van der Waals surface area contributed by atoms with Gasteiger partial charge in [0.25, 0.3) is 5.91 Å². The average Bonchev–Trinajstić information content (AvgIpc) is 3.26. The van der Waals surface area contributed by atoms with Crippen molar-refractivity contribution in [2.45, 2.75) is 4.90 Å². The Morgan fingerprint density at radius 2 is 1.82 bits per heavy atom. The fourth-order valence-electron chi connectivity index (χ4n) is 2.84. The zero-order chi connectivity index (χ0) is 20.1. The summed E-state index contributed by atoms with van der Waals surface area (Å²) >= 11 is 0. The van der Waals surface area contributed by atoms with Crippen LogP contribution in [0.3, 0.4) is 0 Å². The molecule has 2 aromatic rings. The standard InChI is InChI=1S/C18H21N3O6S/c1-26-14-4-2-5-15(12-14)28(24,25)19-13-17(22)20-7-9-21(10-8-20)18(23)16-6-3-11-27-16/h2-6,11-12,19H,7-10,13H2,1H3. The number of nitrogens with one attached hydrogen (secondary N) is 1. The van der Waals surface area contributed by atoms with E-state index in [0.717, 1.165) is 0 Å². The Kier molecular flexibility index (Phi) is 6.00. The lowest BCUT2D eigenvalue weighted by Gasteiger charge is -2.34. The monoisotopic (exact) mass is 407 g/mol. The third-order valence-corrected chi connectivity index (χ3v) is 5.82. The van der Waals surface area contributed by atoms with Crippen molar-refractivity contribution >= 4 is 21.8 Å². The molecule has 0 radical (unpaired) electrons. The Hall–Kier alpha value is -2.85. The molecule has 0 spiro atoms. The van der Waals surface area contributed by atoms with Crippen LogP contribution in [0, 0.1) is 0 Å². The van der Waals surface area contributed by atoms with E-state index < -0.39 is 10.0 Å². The summed E-state index contributed by atoms with van der Waals surface area (Å²) in [5.74, 6) is 0.0877. The molecule has 3 rings (SSSR count). The van der Waals surface area contributed by atoms with E-state index in [2.05, 4.69) is 4.72 Å². The number of ether oxygens (including phenoxy) is 1. The summed E-state index contributed by atoms with van der Waals surface area (Å²) in [6.07, 6.45) is 1.43. The van der Waals surface area contributed by atoms with Crippen molar-refractivity contribution in [2.24, 2.45) is 0 Å². The Bertz CT molecular complexity index is 934. The number of furan rings is 1. The number of methoxy groups -OCH3 is 1. The Morgan fingerprint density at radius 3 is 2.46 bits per heavy atom. The predicted octanol–water partition coefficient (Wildman–Crippen LogP) is 0.551. The molecule has 2 amide bonds. The summed E-state index contributed by atoms with van der Waals surface area (Å²) < 4.78 is 37.1. The number of hydrogen-bond donors (Lipinski definition) is 1. The van der Waals surface area contributed by atoms with E-state index in [0.29, 0.717) is 31.9 Å². The van der Waals surface area contributed by atoms with Crippen LogP contribution in [0.5, 0.6) is 5.75 Å². The highest BCUT2D eigenvalue weighted by Crippen LogP contribution is 2.16. The van der Waals surface area contributed by atoms with E-state index in [9.17, 15) is 18.0 Å². The summed E-state index contributed by atoms with van der Waals surface area (Å²) in [4.78, 5) is 27.7. The summed E-state index contributed by atoms with van der Waals surface area (Å²) in [7, 11) is -2.39. The van der Waals surface area contributed by atoms with Crippen LogP contribution in [0.4, 0.5) is 0 Å². The molecule has 0 saturated carbocycles. The van der Waals surface area contributed by atoms with Crippen LogP contribution in [0.1, 0.15) is 10.6 Å². The van der Waals surface area contributed by atoms with Crippen molar-refractivity contribution in [3.8, 4) is 5.75 Å². The molecule has 9 nitrogen and oxygen atoms in total. The number of sulfonamides is 1. The molecule has 1 saturated heterocycles. The molecule has 150 valence electrons. The summed E-state index contributed by atoms with van der Waals surface area (Å²) in [5.41, 5.74) is 0. The molecule has 1 aliphatic heterocycles. The van der Waals surface area contributed by atoms with Crippen LogP contribution in [-0.2, 0) is 14.8 Å². The van der Waals surface area contributed by atoms with E-state index in [-0.39, 0.29) is 29.0 Å². The van der Waals surface area contributed by atoms with E-state index in [1.807, 2.05) is 0 Å². The molecule has 0 bridgehead atoms. The van der Waals surface area contributed by atoms with E-state index in [4.69, 9.17) is 9.15 Å². The Balaban J connectivity index is 1.52. The van der Waals surface area contributed by atoms with Gasteiger partial charge in [-0.15, -0.1) is 0 Å². The zero-order valence-electron chi connectivity index (χ0n) is 15.3. The molecule has 1 N–H and O–H groups in total. The first-order chi connectivity index (χ1) is 13.4. The highest BCUT2D eigenvalue weighted by molar-refractivity contribution is 7.89. The van der Waals surface area contributed by atoms with Crippen molar-refractivity contribution in [1.82, 2.24) is 14.5 Å². The van der Waals surface area contributed by atoms with E-state index >= 15 is 0 Å². The third kappa shape index (κ3) is 4.52. The van der Waals surface area contributed by atoms with Crippen LogP contribution >= 0.6 is 0 Å². The number of rotatable bonds is 6. The minimum absolute atomic E-state index is 0.0218. The lowest BCUT2D eigenvalue weighted by molar-refractivity contribution is -0.131. The van der Waals surface area contributed by atoms with Crippen LogP contribution in [-0.4, -0.2) is 69.9 Å². The van der Waals surface area contributed by atoms with Gasteiger partial charge in [0.1, 0.15) is 5.75 Å². The molecule has 28 heavy (non-hydrogen) atoms. The third-order valence-electron chi connectivity index (χ3n) is 4.42. The van der Waals surface area contributed by atoms with Gasteiger partial charge in [0.15, 0.2) is 5.76 Å². The van der Waals surface area contributed by atoms with Gasteiger partial charge in [-0.3, -0.25) is 9.59 Å². The first kappa shape index (κ1) is 19.9. The number of amides is 2. The molecule has 2 heterocycles. The molecular formula is C18H21N3O6S. The maximum atomic E-state index is 12.4. The lowest BCUT2D eigenvalue weighted by Crippen LogP contribution is -2.52. The molecule has 0 unspecified atom stereocenters. The number of carbonyl (C=O) groups excluding carboxylic acids is 2.